The molecule has 0 spiro atoms. The Morgan fingerprint density at radius 2 is 2.27 bits per heavy atom. The van der Waals surface area contributed by atoms with Gasteiger partial charge in [-0.2, -0.15) is 5.10 Å². The highest BCUT2D eigenvalue weighted by Gasteiger charge is 2.31. The summed E-state index contributed by atoms with van der Waals surface area (Å²) in [6.45, 7) is 2.99. The Bertz CT molecular complexity index is 668. The van der Waals surface area contributed by atoms with E-state index in [0.29, 0.717) is 0 Å². The van der Waals surface area contributed by atoms with Gasteiger partial charge in [0.25, 0.3) is 0 Å². The van der Waals surface area contributed by atoms with Crippen molar-refractivity contribution in [2.75, 3.05) is 18.9 Å². The summed E-state index contributed by atoms with van der Waals surface area (Å²) in [7, 11) is 1.81. The standard InChI is InChI=1S/C15H20N6O/c1-11-6-18-20(9-11)10-15(22)21-5-3-4-13(21)12-7-17-8-14(16-2)19-12/h6-9,13H,3-5,10H2,1-2H3,(H,16,19)/t13-/m0/s1. The van der Waals surface area contributed by atoms with Crippen molar-refractivity contribution in [1.29, 1.82) is 0 Å². The predicted molar refractivity (Wildman–Crippen MR) is 82.2 cm³/mol. The second kappa shape index (κ2) is 6.13. The van der Waals surface area contributed by atoms with E-state index >= 15 is 0 Å². The summed E-state index contributed by atoms with van der Waals surface area (Å²) in [6, 6.07) is 0.00459. The van der Waals surface area contributed by atoms with E-state index in [1.807, 2.05) is 25.1 Å². The van der Waals surface area contributed by atoms with E-state index in [1.165, 1.54) is 0 Å². The molecule has 1 aliphatic rings. The van der Waals surface area contributed by atoms with Gasteiger partial charge in [0, 0.05) is 19.8 Å². The number of aryl methyl sites for hydroxylation is 1. The Hall–Kier alpha value is -2.44. The van der Waals surface area contributed by atoms with Crippen LogP contribution in [0.2, 0.25) is 0 Å². The first kappa shape index (κ1) is 14.5. The summed E-state index contributed by atoms with van der Waals surface area (Å²) in [6.07, 6.45) is 8.97. The van der Waals surface area contributed by atoms with E-state index in [-0.39, 0.29) is 18.5 Å². The Balaban J connectivity index is 1.75. The molecule has 1 N–H and O–H groups in total. The van der Waals surface area contributed by atoms with Gasteiger partial charge in [-0.15, -0.1) is 0 Å². The molecule has 1 saturated heterocycles. The number of carbonyl (C=O) groups excluding carboxylic acids is 1. The number of nitrogens with zero attached hydrogens (tertiary/aromatic N) is 5. The van der Waals surface area contributed by atoms with E-state index in [0.717, 1.165) is 36.5 Å². The number of carbonyl (C=O) groups is 1. The summed E-state index contributed by atoms with van der Waals surface area (Å²) in [4.78, 5) is 23.2. The van der Waals surface area contributed by atoms with Crippen molar-refractivity contribution in [1.82, 2.24) is 24.6 Å². The smallest absolute Gasteiger partial charge is 0.244 e. The number of likely N-dealkylation sites (tertiary alicyclic amines) is 1. The first-order chi connectivity index (χ1) is 10.7. The maximum Gasteiger partial charge on any atom is 0.244 e. The first-order valence-corrected chi connectivity index (χ1v) is 7.45. The number of hydrogen-bond acceptors (Lipinski definition) is 5. The van der Waals surface area contributed by atoms with Crippen LogP contribution in [0.5, 0.6) is 0 Å². The third-order valence-corrected chi connectivity index (χ3v) is 3.88. The summed E-state index contributed by atoms with van der Waals surface area (Å²) in [5.41, 5.74) is 1.90. The minimum absolute atomic E-state index is 0.00459. The van der Waals surface area contributed by atoms with Crippen LogP contribution in [0.3, 0.4) is 0 Å². The van der Waals surface area contributed by atoms with Gasteiger partial charge in [0.05, 0.1) is 30.3 Å². The normalized spacial score (nSPS) is 17.7. The van der Waals surface area contributed by atoms with Crippen molar-refractivity contribution in [3.8, 4) is 0 Å². The van der Waals surface area contributed by atoms with E-state index < -0.39 is 0 Å². The molecular formula is C15H20N6O. The van der Waals surface area contributed by atoms with Crippen LogP contribution in [-0.2, 0) is 11.3 Å². The van der Waals surface area contributed by atoms with Crippen LogP contribution in [0.25, 0.3) is 0 Å². The lowest BCUT2D eigenvalue weighted by Crippen LogP contribution is -2.34. The lowest BCUT2D eigenvalue weighted by molar-refractivity contribution is -0.133. The highest BCUT2D eigenvalue weighted by atomic mass is 16.2. The number of nitrogens with one attached hydrogen (secondary N) is 1. The van der Waals surface area contributed by atoms with Gasteiger partial charge in [0.2, 0.25) is 5.91 Å². The van der Waals surface area contributed by atoms with Gasteiger partial charge in [-0.05, 0) is 25.3 Å². The molecule has 0 unspecified atom stereocenters. The van der Waals surface area contributed by atoms with E-state index in [9.17, 15) is 4.79 Å². The average Bonchev–Trinajstić information content (AvgIpc) is 3.16. The molecule has 0 aliphatic carbocycles. The predicted octanol–water partition coefficient (Wildman–Crippen LogP) is 1.39. The van der Waals surface area contributed by atoms with E-state index in [4.69, 9.17) is 0 Å². The maximum absolute atomic E-state index is 12.6. The first-order valence-electron chi connectivity index (χ1n) is 7.45. The SMILES string of the molecule is CNc1cncc([C@@H]2CCCN2C(=O)Cn2cc(C)cn2)n1. The molecule has 0 bridgehead atoms. The molecule has 1 amide bonds. The van der Waals surface area contributed by atoms with E-state index in [1.54, 1.807) is 23.3 Å². The maximum atomic E-state index is 12.6. The molecule has 7 heteroatoms. The van der Waals surface area contributed by atoms with Crippen molar-refractivity contribution in [2.24, 2.45) is 0 Å². The summed E-state index contributed by atoms with van der Waals surface area (Å²) in [5, 5.41) is 7.17. The molecule has 2 aromatic rings. The van der Waals surface area contributed by atoms with Gasteiger partial charge in [-0.25, -0.2) is 4.98 Å². The summed E-state index contributed by atoms with van der Waals surface area (Å²) in [5.74, 6) is 0.793. The lowest BCUT2D eigenvalue weighted by Gasteiger charge is -2.24. The van der Waals surface area contributed by atoms with Crippen LogP contribution in [0, 0.1) is 6.92 Å². The van der Waals surface area contributed by atoms with Crippen molar-refractivity contribution in [2.45, 2.75) is 32.4 Å². The molecular weight excluding hydrogens is 280 g/mol. The Kier molecular flexibility index (Phi) is 4.04. The van der Waals surface area contributed by atoms with Gasteiger partial charge in [0.15, 0.2) is 0 Å². The minimum atomic E-state index is 0.00459. The van der Waals surface area contributed by atoms with Gasteiger partial charge >= 0.3 is 0 Å². The second-order valence-electron chi connectivity index (χ2n) is 5.54. The zero-order chi connectivity index (χ0) is 15.5. The van der Waals surface area contributed by atoms with Crippen molar-refractivity contribution >= 4 is 11.7 Å². The molecule has 1 atom stereocenters. The fraction of sp³-hybridized carbons (Fsp3) is 0.467. The molecule has 1 aliphatic heterocycles. The quantitative estimate of drug-likeness (QED) is 0.923. The molecule has 1 fully saturated rings. The van der Waals surface area contributed by atoms with Crippen molar-refractivity contribution in [3.05, 3.63) is 36.0 Å². The van der Waals surface area contributed by atoms with E-state index in [2.05, 4.69) is 20.4 Å². The molecule has 3 rings (SSSR count). The van der Waals surface area contributed by atoms with Crippen LogP contribution < -0.4 is 5.32 Å². The monoisotopic (exact) mass is 300 g/mol. The Labute approximate surface area is 129 Å². The van der Waals surface area contributed by atoms with Crippen LogP contribution in [0.4, 0.5) is 5.82 Å². The van der Waals surface area contributed by atoms with Crippen molar-refractivity contribution in [3.63, 3.8) is 0 Å². The number of rotatable bonds is 4. The van der Waals surface area contributed by atoms with Crippen LogP contribution in [-0.4, -0.2) is 44.1 Å². The summed E-state index contributed by atoms with van der Waals surface area (Å²) < 4.78 is 1.68. The summed E-state index contributed by atoms with van der Waals surface area (Å²) >= 11 is 0. The third-order valence-electron chi connectivity index (χ3n) is 3.88. The number of aromatic nitrogens is 4. The minimum Gasteiger partial charge on any atom is -0.372 e. The fourth-order valence-electron chi connectivity index (χ4n) is 2.82. The molecule has 0 aromatic carbocycles. The molecule has 3 heterocycles. The molecule has 0 radical (unpaired) electrons. The highest BCUT2D eigenvalue weighted by Crippen LogP contribution is 2.31. The van der Waals surface area contributed by atoms with Crippen LogP contribution in [0.1, 0.15) is 30.1 Å². The molecule has 2 aromatic heterocycles. The molecule has 7 nitrogen and oxygen atoms in total. The van der Waals surface area contributed by atoms with Crippen LogP contribution >= 0.6 is 0 Å². The second-order valence-corrected chi connectivity index (χ2v) is 5.54. The largest absolute Gasteiger partial charge is 0.372 e. The number of anilines is 1. The third kappa shape index (κ3) is 2.93. The molecule has 22 heavy (non-hydrogen) atoms. The van der Waals surface area contributed by atoms with Gasteiger partial charge in [-0.3, -0.25) is 14.5 Å². The Morgan fingerprint density at radius 1 is 1.41 bits per heavy atom. The topological polar surface area (TPSA) is 75.9 Å². The van der Waals surface area contributed by atoms with Gasteiger partial charge in [-0.1, -0.05) is 0 Å². The number of hydrogen-bond donors (Lipinski definition) is 1. The van der Waals surface area contributed by atoms with Crippen molar-refractivity contribution < 1.29 is 4.79 Å². The molecule has 116 valence electrons. The van der Waals surface area contributed by atoms with Gasteiger partial charge < -0.3 is 10.2 Å². The highest BCUT2D eigenvalue weighted by molar-refractivity contribution is 5.76. The fourth-order valence-corrected chi connectivity index (χ4v) is 2.82. The average molecular weight is 300 g/mol. The van der Waals surface area contributed by atoms with Crippen LogP contribution in [0.15, 0.2) is 24.8 Å². The van der Waals surface area contributed by atoms with Gasteiger partial charge in [0.1, 0.15) is 12.4 Å². The zero-order valence-electron chi connectivity index (χ0n) is 12.9. The number of amides is 1. The molecule has 0 saturated carbocycles. The lowest BCUT2D eigenvalue weighted by atomic mass is 10.1. The zero-order valence-corrected chi connectivity index (χ0v) is 12.9. The Morgan fingerprint density at radius 3 is 3.00 bits per heavy atom.